The Morgan fingerprint density at radius 1 is 1.35 bits per heavy atom. The normalized spacial score (nSPS) is 17.1. The summed E-state index contributed by atoms with van der Waals surface area (Å²) in [7, 11) is 1.68. The number of nitrogens with two attached hydrogens (primary N) is 1. The number of rotatable bonds is 6. The van der Waals surface area contributed by atoms with E-state index in [9.17, 15) is 4.79 Å². The second-order valence-corrected chi connectivity index (χ2v) is 6.72. The molecule has 23 heavy (non-hydrogen) atoms. The van der Waals surface area contributed by atoms with Crippen LogP contribution in [0.4, 0.5) is 0 Å². The van der Waals surface area contributed by atoms with Gasteiger partial charge in [0.2, 0.25) is 0 Å². The first kappa shape index (κ1) is 16.2. The molecule has 0 fully saturated rings. The molecule has 0 radical (unpaired) electrons. The number of hydrogen-bond donors (Lipinski definition) is 1. The van der Waals surface area contributed by atoms with Gasteiger partial charge in [-0.25, -0.2) is 0 Å². The third kappa shape index (κ3) is 3.63. The smallest absolute Gasteiger partial charge is 0.278 e. The molecule has 0 saturated carbocycles. The average Bonchev–Trinajstić information content (AvgIpc) is 3.07. The molecule has 0 aliphatic carbocycles. The molecule has 1 aromatic carbocycles. The lowest BCUT2D eigenvalue weighted by Crippen LogP contribution is -2.87. The number of methoxy groups -OCH3 is 1. The van der Waals surface area contributed by atoms with Crippen LogP contribution in [0.25, 0.3) is 0 Å². The van der Waals surface area contributed by atoms with Crippen LogP contribution in [0.2, 0.25) is 0 Å². The first-order chi connectivity index (χ1) is 11.3. The van der Waals surface area contributed by atoms with Gasteiger partial charge in [-0.3, -0.25) is 4.79 Å². The van der Waals surface area contributed by atoms with Crippen molar-refractivity contribution in [1.29, 1.82) is 0 Å². The van der Waals surface area contributed by atoms with Crippen LogP contribution in [0.5, 0.6) is 0 Å². The predicted molar refractivity (Wildman–Crippen MR) is 91.6 cm³/mol. The van der Waals surface area contributed by atoms with Crippen molar-refractivity contribution in [3.63, 3.8) is 0 Å². The molecule has 4 nitrogen and oxygen atoms in total. The first-order valence-electron chi connectivity index (χ1n) is 8.02. The zero-order valence-corrected chi connectivity index (χ0v) is 14.2. The molecule has 1 aliphatic rings. The minimum Gasteiger partial charge on any atom is -0.379 e. The minimum atomic E-state index is 0.0505. The van der Waals surface area contributed by atoms with Crippen molar-refractivity contribution < 1.29 is 14.8 Å². The maximum Gasteiger partial charge on any atom is 0.278 e. The van der Waals surface area contributed by atoms with Gasteiger partial charge in [0.25, 0.3) is 5.91 Å². The molecule has 5 heteroatoms. The van der Waals surface area contributed by atoms with Crippen LogP contribution in [0.1, 0.15) is 22.0 Å². The highest BCUT2D eigenvalue weighted by atomic mass is 32.1. The topological polar surface area (TPSA) is 46.1 Å². The molecular weight excluding hydrogens is 308 g/mol. The lowest BCUT2D eigenvalue weighted by Gasteiger charge is -2.36. The number of hydrogen-bond acceptors (Lipinski definition) is 3. The molecule has 3 rings (SSSR count). The third-order valence-corrected chi connectivity index (χ3v) is 5.24. The van der Waals surface area contributed by atoms with E-state index in [1.807, 2.05) is 28.4 Å². The van der Waals surface area contributed by atoms with Crippen molar-refractivity contribution in [1.82, 2.24) is 4.90 Å². The molecule has 1 aromatic heterocycles. The Hall–Kier alpha value is -1.69. The summed E-state index contributed by atoms with van der Waals surface area (Å²) >= 11 is 1.80. The molecule has 122 valence electrons. The molecule has 0 spiro atoms. The Morgan fingerprint density at radius 3 is 2.96 bits per heavy atom. The first-order valence-corrected chi connectivity index (χ1v) is 8.90. The number of amides is 1. The van der Waals surface area contributed by atoms with E-state index >= 15 is 0 Å². The summed E-state index contributed by atoms with van der Waals surface area (Å²) in [5.41, 5.74) is 2.48. The van der Waals surface area contributed by atoms with Crippen LogP contribution < -0.4 is 5.32 Å². The minimum absolute atomic E-state index is 0.0505. The van der Waals surface area contributed by atoms with Crippen molar-refractivity contribution in [3.8, 4) is 0 Å². The summed E-state index contributed by atoms with van der Waals surface area (Å²) in [6.07, 6.45) is 0.958. The molecule has 0 unspecified atom stereocenters. The molecular formula is C18H23N2O2S+. The fourth-order valence-corrected chi connectivity index (χ4v) is 4.03. The maximum absolute atomic E-state index is 12.7. The Bertz CT molecular complexity index is 641. The van der Waals surface area contributed by atoms with Gasteiger partial charge in [-0.2, -0.15) is 0 Å². The van der Waals surface area contributed by atoms with E-state index in [0.29, 0.717) is 13.2 Å². The van der Waals surface area contributed by atoms with E-state index in [4.69, 9.17) is 4.74 Å². The predicted octanol–water partition coefficient (Wildman–Crippen LogP) is 1.43. The van der Waals surface area contributed by atoms with Gasteiger partial charge < -0.3 is 15.0 Å². The fourth-order valence-electron chi connectivity index (χ4n) is 3.12. The average molecular weight is 331 g/mol. The standard InChI is InChI=1S/C18H22N2O2S/c1-22-11-9-19-13-17(21)20-10-7-16-15(8-12-23-16)18(20)14-5-3-2-4-6-14/h2-6,8,12,18-19H,7,9-11,13H2,1H3/p+1/t18-/m1/s1. The van der Waals surface area contributed by atoms with Crippen LogP contribution >= 0.6 is 11.3 Å². The van der Waals surface area contributed by atoms with Gasteiger partial charge in [0.05, 0.1) is 19.2 Å². The monoisotopic (exact) mass is 331 g/mol. The van der Waals surface area contributed by atoms with Crippen molar-refractivity contribution in [2.75, 3.05) is 33.4 Å². The SMILES string of the molecule is COCC[NH2+]CC(=O)N1CCc2sccc2[C@H]1c1ccccc1. The van der Waals surface area contributed by atoms with Crippen LogP contribution in [0.15, 0.2) is 41.8 Å². The van der Waals surface area contributed by atoms with Crippen molar-refractivity contribution in [2.45, 2.75) is 12.5 Å². The number of ether oxygens (including phenoxy) is 1. The maximum atomic E-state index is 12.7. The van der Waals surface area contributed by atoms with E-state index in [-0.39, 0.29) is 11.9 Å². The molecule has 1 atom stereocenters. The van der Waals surface area contributed by atoms with Gasteiger partial charge in [-0.1, -0.05) is 30.3 Å². The fraction of sp³-hybridized carbons (Fsp3) is 0.389. The van der Waals surface area contributed by atoms with Crippen LogP contribution in [0.3, 0.4) is 0 Å². The van der Waals surface area contributed by atoms with Crippen LogP contribution in [-0.2, 0) is 16.0 Å². The Balaban J connectivity index is 1.80. The van der Waals surface area contributed by atoms with E-state index in [2.05, 4.69) is 23.6 Å². The molecule has 1 aliphatic heterocycles. The third-order valence-electron chi connectivity index (χ3n) is 4.25. The van der Waals surface area contributed by atoms with Gasteiger partial charge in [0.15, 0.2) is 6.54 Å². The van der Waals surface area contributed by atoms with Gasteiger partial charge in [-0.15, -0.1) is 11.3 Å². The highest BCUT2D eigenvalue weighted by Crippen LogP contribution is 2.37. The summed E-state index contributed by atoms with van der Waals surface area (Å²) in [5.74, 6) is 0.201. The van der Waals surface area contributed by atoms with Crippen molar-refractivity contribution >= 4 is 17.2 Å². The molecule has 2 N–H and O–H groups in total. The lowest BCUT2D eigenvalue weighted by molar-refractivity contribution is -0.646. The molecule has 1 amide bonds. The van der Waals surface area contributed by atoms with E-state index in [1.54, 1.807) is 18.4 Å². The zero-order chi connectivity index (χ0) is 16.1. The molecule has 0 saturated heterocycles. The second-order valence-electron chi connectivity index (χ2n) is 5.72. The Labute approximate surface area is 141 Å². The summed E-state index contributed by atoms with van der Waals surface area (Å²) in [6, 6.07) is 12.6. The highest BCUT2D eigenvalue weighted by molar-refractivity contribution is 7.10. The number of quaternary nitrogens is 1. The number of fused-ring (bicyclic) bond motifs is 1. The van der Waals surface area contributed by atoms with Gasteiger partial charge in [0.1, 0.15) is 0 Å². The summed E-state index contributed by atoms with van der Waals surface area (Å²) < 4.78 is 5.04. The number of thiophene rings is 1. The largest absolute Gasteiger partial charge is 0.379 e. The van der Waals surface area contributed by atoms with Crippen molar-refractivity contribution in [3.05, 3.63) is 57.8 Å². The van der Waals surface area contributed by atoms with E-state index in [0.717, 1.165) is 19.5 Å². The molecule has 0 bridgehead atoms. The number of benzene rings is 1. The van der Waals surface area contributed by atoms with Gasteiger partial charge in [0, 0.05) is 18.5 Å². The molecule has 2 aromatic rings. The van der Waals surface area contributed by atoms with Crippen molar-refractivity contribution in [2.24, 2.45) is 0 Å². The number of nitrogens with zero attached hydrogens (tertiary/aromatic N) is 1. The van der Waals surface area contributed by atoms with Crippen LogP contribution in [-0.4, -0.2) is 44.2 Å². The summed E-state index contributed by atoms with van der Waals surface area (Å²) in [4.78, 5) is 16.2. The number of carbonyl (C=O) groups is 1. The quantitative estimate of drug-likeness (QED) is 0.814. The number of carbonyl (C=O) groups excluding carboxylic acids is 1. The summed E-state index contributed by atoms with van der Waals surface area (Å²) in [6.45, 7) is 2.76. The van der Waals surface area contributed by atoms with Gasteiger partial charge >= 0.3 is 0 Å². The second kappa shape index (κ2) is 7.73. The highest BCUT2D eigenvalue weighted by Gasteiger charge is 2.32. The Morgan fingerprint density at radius 2 is 2.17 bits per heavy atom. The molecule has 2 heterocycles. The van der Waals surface area contributed by atoms with Crippen LogP contribution in [0, 0.1) is 0 Å². The summed E-state index contributed by atoms with van der Waals surface area (Å²) in [5, 5.41) is 4.16. The van der Waals surface area contributed by atoms with E-state index in [1.165, 1.54) is 16.0 Å². The lowest BCUT2D eigenvalue weighted by atomic mass is 9.93. The zero-order valence-electron chi connectivity index (χ0n) is 13.4. The van der Waals surface area contributed by atoms with E-state index < -0.39 is 0 Å². The Kier molecular flexibility index (Phi) is 5.43. The van der Waals surface area contributed by atoms with Gasteiger partial charge in [-0.05, 0) is 29.0 Å².